The van der Waals surface area contributed by atoms with E-state index in [4.69, 9.17) is 5.73 Å². The van der Waals surface area contributed by atoms with Gasteiger partial charge < -0.3 is 10.3 Å². The second kappa shape index (κ2) is 3.87. The molecule has 0 aliphatic carbocycles. The first kappa shape index (κ1) is 9.93. The van der Waals surface area contributed by atoms with E-state index in [0.29, 0.717) is 6.54 Å². The molecule has 2 heterocycles. The summed E-state index contributed by atoms with van der Waals surface area (Å²) >= 11 is 0. The minimum atomic E-state index is 0.634. The van der Waals surface area contributed by atoms with E-state index < -0.39 is 0 Å². The zero-order valence-electron chi connectivity index (χ0n) is 8.90. The molecule has 0 fully saturated rings. The molecule has 0 aromatic carbocycles. The van der Waals surface area contributed by atoms with E-state index in [1.165, 1.54) is 0 Å². The van der Waals surface area contributed by atoms with E-state index in [1.54, 1.807) is 6.20 Å². The van der Waals surface area contributed by atoms with Crippen LogP contribution in [-0.2, 0) is 7.05 Å². The van der Waals surface area contributed by atoms with Crippen LogP contribution in [0.4, 0.5) is 0 Å². The fourth-order valence-corrected chi connectivity index (χ4v) is 1.80. The molecule has 0 saturated carbocycles. The van der Waals surface area contributed by atoms with Crippen LogP contribution in [0.25, 0.3) is 16.6 Å². The minimum Gasteiger partial charge on any atom is -0.335 e. The number of pyridine rings is 1. The summed E-state index contributed by atoms with van der Waals surface area (Å²) in [7, 11) is 1.99. The Balaban J connectivity index is 2.57. The van der Waals surface area contributed by atoms with Crippen molar-refractivity contribution in [1.82, 2.24) is 9.55 Å². The Kier molecular flexibility index (Phi) is 2.56. The van der Waals surface area contributed by atoms with Crippen molar-refractivity contribution in [3.63, 3.8) is 0 Å². The summed E-state index contributed by atoms with van der Waals surface area (Å²) in [6.07, 6.45) is 4.70. The molecule has 0 aliphatic heterocycles. The van der Waals surface area contributed by atoms with Crippen LogP contribution < -0.4 is 5.73 Å². The molecule has 0 radical (unpaired) electrons. The average molecular weight is 201 g/mol. The number of hydrogen-bond donors (Lipinski definition) is 1. The molecule has 3 nitrogen and oxygen atoms in total. The molecule has 15 heavy (non-hydrogen) atoms. The molecule has 78 valence electrons. The fraction of sp³-hybridized carbons (Fsp3) is 0.250. The van der Waals surface area contributed by atoms with E-state index >= 15 is 0 Å². The number of nitrogens with two attached hydrogens (primary N) is 1. The van der Waals surface area contributed by atoms with Crippen LogP contribution in [-0.4, -0.2) is 16.1 Å². The Morgan fingerprint density at radius 2 is 2.40 bits per heavy atom. The molecule has 0 amide bonds. The Bertz CT molecular complexity index is 497. The first-order chi connectivity index (χ1) is 7.24. The third-order valence-corrected chi connectivity index (χ3v) is 2.56. The highest BCUT2D eigenvalue weighted by atomic mass is 15.0. The maximum atomic E-state index is 5.53. The van der Waals surface area contributed by atoms with Gasteiger partial charge in [-0.1, -0.05) is 6.58 Å². The van der Waals surface area contributed by atoms with Crippen LogP contribution in [0.15, 0.2) is 31.1 Å². The van der Waals surface area contributed by atoms with E-state index in [1.807, 2.05) is 17.7 Å². The molecule has 0 spiro atoms. The van der Waals surface area contributed by atoms with Crippen LogP contribution in [0, 0.1) is 0 Å². The molecule has 2 aromatic rings. The zero-order chi connectivity index (χ0) is 10.8. The largest absolute Gasteiger partial charge is 0.335 e. The van der Waals surface area contributed by atoms with E-state index in [9.17, 15) is 0 Å². The van der Waals surface area contributed by atoms with Gasteiger partial charge in [-0.15, -0.1) is 0 Å². The highest BCUT2D eigenvalue weighted by Crippen LogP contribution is 2.25. The molecule has 0 bridgehead atoms. The summed E-state index contributed by atoms with van der Waals surface area (Å²) < 4.78 is 2.02. The molecule has 0 saturated heterocycles. The molecule has 2 aromatic heterocycles. The average Bonchev–Trinajstić information content (AvgIpc) is 2.58. The summed E-state index contributed by atoms with van der Waals surface area (Å²) in [6.45, 7) is 4.69. The Hall–Kier alpha value is -1.61. The van der Waals surface area contributed by atoms with Crippen LogP contribution >= 0.6 is 0 Å². The summed E-state index contributed by atoms with van der Waals surface area (Å²) in [4.78, 5) is 4.33. The van der Waals surface area contributed by atoms with Gasteiger partial charge in [0.2, 0.25) is 0 Å². The third kappa shape index (κ3) is 1.66. The van der Waals surface area contributed by atoms with Gasteiger partial charge >= 0.3 is 0 Å². The van der Waals surface area contributed by atoms with E-state index in [0.717, 1.165) is 28.6 Å². The van der Waals surface area contributed by atoms with Crippen molar-refractivity contribution in [2.45, 2.75) is 6.42 Å². The Morgan fingerprint density at radius 1 is 1.60 bits per heavy atom. The van der Waals surface area contributed by atoms with Crippen molar-refractivity contribution in [3.8, 4) is 0 Å². The predicted molar refractivity (Wildman–Crippen MR) is 63.4 cm³/mol. The molecular weight excluding hydrogens is 186 g/mol. The van der Waals surface area contributed by atoms with Crippen LogP contribution in [0.1, 0.15) is 12.0 Å². The second-order valence-electron chi connectivity index (χ2n) is 3.67. The summed E-state index contributed by atoms with van der Waals surface area (Å²) in [5.41, 5.74) is 8.76. The van der Waals surface area contributed by atoms with Crippen molar-refractivity contribution in [3.05, 3.63) is 36.7 Å². The smallest absolute Gasteiger partial charge is 0.140 e. The van der Waals surface area contributed by atoms with Crippen LogP contribution in [0.2, 0.25) is 0 Å². The molecule has 2 rings (SSSR count). The standard InChI is InChI=1S/C12H15N3/c1-9(5-6-13)11-8-15(2)12-10(11)4-3-7-14-12/h3-4,7-8H,1,5-6,13H2,2H3. The lowest BCUT2D eigenvalue weighted by atomic mass is 10.1. The number of aryl methyl sites for hydroxylation is 1. The molecule has 0 atom stereocenters. The van der Waals surface area contributed by atoms with Gasteiger partial charge in [0.25, 0.3) is 0 Å². The normalized spacial score (nSPS) is 10.8. The first-order valence-electron chi connectivity index (χ1n) is 5.02. The number of aromatic nitrogens is 2. The number of nitrogens with zero attached hydrogens (tertiary/aromatic N) is 2. The zero-order valence-corrected chi connectivity index (χ0v) is 8.90. The van der Waals surface area contributed by atoms with Crippen LogP contribution in [0.5, 0.6) is 0 Å². The van der Waals surface area contributed by atoms with E-state index in [-0.39, 0.29) is 0 Å². The van der Waals surface area contributed by atoms with Gasteiger partial charge in [-0.2, -0.15) is 0 Å². The maximum Gasteiger partial charge on any atom is 0.140 e. The molecule has 0 unspecified atom stereocenters. The van der Waals surface area contributed by atoms with Gasteiger partial charge in [0.15, 0.2) is 0 Å². The minimum absolute atomic E-state index is 0.634. The number of hydrogen-bond acceptors (Lipinski definition) is 2. The molecule has 2 N–H and O–H groups in total. The lowest BCUT2D eigenvalue weighted by Gasteiger charge is -2.00. The SMILES string of the molecule is C=C(CCN)c1cn(C)c2ncccc12. The number of fused-ring (bicyclic) bond motifs is 1. The van der Waals surface area contributed by atoms with Crippen molar-refractivity contribution < 1.29 is 0 Å². The highest BCUT2D eigenvalue weighted by Gasteiger charge is 2.08. The van der Waals surface area contributed by atoms with Crippen LogP contribution in [0.3, 0.4) is 0 Å². The van der Waals surface area contributed by atoms with Crippen molar-refractivity contribution in [2.24, 2.45) is 12.8 Å². The quantitative estimate of drug-likeness (QED) is 0.824. The Morgan fingerprint density at radius 3 is 3.13 bits per heavy atom. The highest BCUT2D eigenvalue weighted by molar-refractivity contribution is 5.90. The van der Waals surface area contributed by atoms with Gasteiger partial charge in [0, 0.05) is 30.4 Å². The van der Waals surface area contributed by atoms with Gasteiger partial charge in [0.05, 0.1) is 0 Å². The van der Waals surface area contributed by atoms with Gasteiger partial charge in [0.1, 0.15) is 5.65 Å². The monoisotopic (exact) mass is 201 g/mol. The third-order valence-electron chi connectivity index (χ3n) is 2.56. The van der Waals surface area contributed by atoms with Gasteiger partial charge in [-0.05, 0) is 30.7 Å². The van der Waals surface area contributed by atoms with Gasteiger partial charge in [-0.3, -0.25) is 0 Å². The summed E-state index contributed by atoms with van der Waals surface area (Å²) in [5.74, 6) is 0. The second-order valence-corrected chi connectivity index (χ2v) is 3.67. The summed E-state index contributed by atoms with van der Waals surface area (Å²) in [5, 5.41) is 1.15. The topological polar surface area (TPSA) is 43.8 Å². The van der Waals surface area contributed by atoms with Crippen molar-refractivity contribution >= 4 is 16.6 Å². The van der Waals surface area contributed by atoms with Crippen molar-refractivity contribution in [1.29, 1.82) is 0 Å². The van der Waals surface area contributed by atoms with Crippen molar-refractivity contribution in [2.75, 3.05) is 6.54 Å². The Labute approximate surface area is 89.2 Å². The van der Waals surface area contributed by atoms with Gasteiger partial charge in [-0.25, -0.2) is 4.98 Å². The predicted octanol–water partition coefficient (Wildman–Crippen LogP) is 1.94. The molecular formula is C12H15N3. The lowest BCUT2D eigenvalue weighted by molar-refractivity contribution is 0.944. The molecule has 3 heteroatoms. The number of rotatable bonds is 3. The summed E-state index contributed by atoms with van der Waals surface area (Å²) in [6, 6.07) is 4.01. The lowest BCUT2D eigenvalue weighted by Crippen LogP contribution is -1.98. The van der Waals surface area contributed by atoms with E-state index in [2.05, 4.69) is 23.8 Å². The fourth-order valence-electron chi connectivity index (χ4n) is 1.80. The maximum absolute atomic E-state index is 5.53. The molecule has 0 aliphatic rings. The first-order valence-corrected chi connectivity index (χ1v) is 5.02.